The molecule has 0 radical (unpaired) electrons. The topological polar surface area (TPSA) is 75.3 Å². The molecule has 8 heteroatoms. The normalized spacial score (nSPS) is 14.9. The zero-order valence-electron chi connectivity index (χ0n) is 20.7. The van der Waals surface area contributed by atoms with Crippen molar-refractivity contribution >= 4 is 16.9 Å². The van der Waals surface area contributed by atoms with Crippen LogP contribution in [0.15, 0.2) is 59.5 Å². The van der Waals surface area contributed by atoms with Gasteiger partial charge < -0.3 is 14.0 Å². The minimum absolute atomic E-state index is 0.0908. The fourth-order valence-corrected chi connectivity index (χ4v) is 4.73. The molecule has 0 bridgehead atoms. The SMILES string of the molecule is CCOC(=O)c1cn2c(c(F)c1=O)-c1c3cccc(OCc4ccccc4)c3nn1CC2C(C)(C)C. The molecule has 1 aliphatic rings. The van der Waals surface area contributed by atoms with Gasteiger partial charge in [0.05, 0.1) is 24.9 Å². The summed E-state index contributed by atoms with van der Waals surface area (Å²) in [5.74, 6) is -1.25. The van der Waals surface area contributed by atoms with Gasteiger partial charge in [-0.05, 0) is 24.0 Å². The van der Waals surface area contributed by atoms with Crippen LogP contribution in [0.3, 0.4) is 0 Å². The molecule has 2 aromatic carbocycles. The molecule has 7 nitrogen and oxygen atoms in total. The molecular weight excluding hydrogens is 461 g/mol. The average Bonchev–Trinajstić information content (AvgIpc) is 3.23. The molecule has 36 heavy (non-hydrogen) atoms. The Labute approximate surface area is 208 Å². The van der Waals surface area contributed by atoms with E-state index >= 15 is 4.39 Å². The van der Waals surface area contributed by atoms with Crippen LogP contribution < -0.4 is 10.2 Å². The van der Waals surface area contributed by atoms with Crippen molar-refractivity contribution in [3.8, 4) is 17.1 Å². The van der Waals surface area contributed by atoms with E-state index in [2.05, 4.69) is 0 Å². The van der Waals surface area contributed by atoms with Crippen LogP contribution in [0.2, 0.25) is 0 Å². The number of esters is 1. The molecule has 1 aliphatic heterocycles. The number of pyridine rings is 1. The third-order valence-corrected chi connectivity index (χ3v) is 6.55. The first kappa shape index (κ1) is 23.8. The predicted octanol–water partition coefficient (Wildman–Crippen LogP) is 5.36. The summed E-state index contributed by atoms with van der Waals surface area (Å²) >= 11 is 0. The van der Waals surface area contributed by atoms with Crippen molar-refractivity contribution in [2.75, 3.05) is 6.61 Å². The quantitative estimate of drug-likeness (QED) is 0.353. The second-order valence-electron chi connectivity index (χ2n) is 10.0. The maximum absolute atomic E-state index is 15.8. The Morgan fingerprint density at radius 1 is 1.11 bits per heavy atom. The van der Waals surface area contributed by atoms with Crippen molar-refractivity contribution in [1.82, 2.24) is 14.3 Å². The monoisotopic (exact) mass is 489 g/mol. The van der Waals surface area contributed by atoms with Gasteiger partial charge in [0.2, 0.25) is 5.43 Å². The van der Waals surface area contributed by atoms with E-state index in [0.29, 0.717) is 35.5 Å². The number of nitrogens with zero attached hydrogens (tertiary/aromatic N) is 3. The average molecular weight is 490 g/mol. The van der Waals surface area contributed by atoms with E-state index in [4.69, 9.17) is 14.6 Å². The molecule has 2 aromatic heterocycles. The van der Waals surface area contributed by atoms with Crippen LogP contribution in [-0.2, 0) is 17.9 Å². The number of carbonyl (C=O) groups excluding carboxylic acids is 1. The number of benzene rings is 2. The second kappa shape index (κ2) is 8.93. The van der Waals surface area contributed by atoms with E-state index in [1.54, 1.807) is 16.2 Å². The van der Waals surface area contributed by atoms with Crippen LogP contribution in [0.5, 0.6) is 5.75 Å². The van der Waals surface area contributed by atoms with Gasteiger partial charge in [0.15, 0.2) is 5.82 Å². The first-order valence-corrected chi connectivity index (χ1v) is 12.0. The van der Waals surface area contributed by atoms with Gasteiger partial charge in [-0.15, -0.1) is 0 Å². The number of fused-ring (bicyclic) bond motifs is 5. The van der Waals surface area contributed by atoms with Gasteiger partial charge in [-0.2, -0.15) is 5.10 Å². The van der Waals surface area contributed by atoms with Crippen molar-refractivity contribution in [1.29, 1.82) is 0 Å². The number of ether oxygens (including phenoxy) is 2. The van der Waals surface area contributed by atoms with Crippen LogP contribution in [0.4, 0.5) is 4.39 Å². The molecule has 0 amide bonds. The zero-order chi connectivity index (χ0) is 25.6. The molecule has 4 aromatic rings. The highest BCUT2D eigenvalue weighted by molar-refractivity contribution is 5.97. The van der Waals surface area contributed by atoms with Crippen LogP contribution in [0.25, 0.3) is 22.3 Å². The summed E-state index contributed by atoms with van der Waals surface area (Å²) in [7, 11) is 0. The minimum atomic E-state index is -0.992. The maximum atomic E-state index is 15.8. The zero-order valence-corrected chi connectivity index (χ0v) is 20.7. The van der Waals surface area contributed by atoms with Crippen LogP contribution in [0, 0.1) is 11.2 Å². The summed E-state index contributed by atoms with van der Waals surface area (Å²) in [6.45, 7) is 8.62. The largest absolute Gasteiger partial charge is 0.487 e. The summed E-state index contributed by atoms with van der Waals surface area (Å²) in [6.07, 6.45) is 1.44. The van der Waals surface area contributed by atoms with Crippen molar-refractivity contribution < 1.29 is 18.7 Å². The highest BCUT2D eigenvalue weighted by Crippen LogP contribution is 2.44. The molecule has 0 saturated carbocycles. The molecule has 1 atom stereocenters. The van der Waals surface area contributed by atoms with Crippen molar-refractivity contribution in [3.63, 3.8) is 0 Å². The number of rotatable bonds is 5. The molecule has 3 heterocycles. The van der Waals surface area contributed by atoms with Crippen LogP contribution in [-0.4, -0.2) is 26.9 Å². The Balaban J connectivity index is 1.69. The molecule has 1 unspecified atom stereocenters. The Hall–Kier alpha value is -3.94. The number of aromatic nitrogens is 3. The van der Waals surface area contributed by atoms with Gasteiger partial charge in [-0.25, -0.2) is 9.18 Å². The molecule has 0 saturated heterocycles. The van der Waals surface area contributed by atoms with Gasteiger partial charge in [-0.1, -0.05) is 63.2 Å². The molecule has 186 valence electrons. The molecule has 5 rings (SSSR count). The molecular formula is C28H28FN3O4. The third kappa shape index (κ3) is 3.96. The lowest BCUT2D eigenvalue weighted by Gasteiger charge is -2.38. The Morgan fingerprint density at radius 2 is 1.86 bits per heavy atom. The van der Waals surface area contributed by atoms with Gasteiger partial charge in [0.1, 0.15) is 29.1 Å². The van der Waals surface area contributed by atoms with Crippen molar-refractivity contribution in [2.24, 2.45) is 5.41 Å². The Morgan fingerprint density at radius 3 is 2.56 bits per heavy atom. The summed E-state index contributed by atoms with van der Waals surface area (Å²) < 4.78 is 30.4. The Bertz CT molecular complexity index is 1520. The summed E-state index contributed by atoms with van der Waals surface area (Å²) in [6, 6.07) is 15.0. The number of hydrogen-bond donors (Lipinski definition) is 0. The van der Waals surface area contributed by atoms with Gasteiger partial charge >= 0.3 is 5.97 Å². The van der Waals surface area contributed by atoms with E-state index in [-0.39, 0.29) is 29.3 Å². The number of halogens is 1. The molecule has 0 aliphatic carbocycles. The van der Waals surface area contributed by atoms with Crippen molar-refractivity contribution in [3.05, 3.63) is 81.9 Å². The summed E-state index contributed by atoms with van der Waals surface area (Å²) in [4.78, 5) is 25.4. The van der Waals surface area contributed by atoms with E-state index in [1.165, 1.54) is 6.20 Å². The van der Waals surface area contributed by atoms with Crippen molar-refractivity contribution in [2.45, 2.75) is 46.9 Å². The molecule has 0 spiro atoms. The van der Waals surface area contributed by atoms with E-state index in [9.17, 15) is 9.59 Å². The van der Waals surface area contributed by atoms with Gasteiger partial charge in [-0.3, -0.25) is 9.48 Å². The highest BCUT2D eigenvalue weighted by atomic mass is 19.1. The van der Waals surface area contributed by atoms with E-state index in [1.807, 2.05) is 69.3 Å². The number of hydrogen-bond acceptors (Lipinski definition) is 5. The van der Waals surface area contributed by atoms with Gasteiger partial charge in [0.25, 0.3) is 0 Å². The first-order chi connectivity index (χ1) is 17.2. The summed E-state index contributed by atoms with van der Waals surface area (Å²) in [5, 5.41) is 5.47. The smallest absolute Gasteiger partial charge is 0.343 e. The van der Waals surface area contributed by atoms with E-state index in [0.717, 1.165) is 5.56 Å². The standard InChI is InChI=1S/C28H28FN3O4/c1-5-35-27(34)19-14-31-21(28(2,3)4)15-32-24(25(31)22(29)26(19)33)18-12-9-13-20(23(18)30-32)36-16-17-10-7-6-8-11-17/h6-14,21H,5,15-16H2,1-4H3. The highest BCUT2D eigenvalue weighted by Gasteiger charge is 2.38. The van der Waals surface area contributed by atoms with Crippen LogP contribution >= 0.6 is 0 Å². The Kier molecular flexibility index (Phi) is 5.90. The predicted molar refractivity (Wildman–Crippen MR) is 135 cm³/mol. The molecule has 0 N–H and O–H groups in total. The fourth-order valence-electron chi connectivity index (χ4n) is 4.73. The third-order valence-electron chi connectivity index (χ3n) is 6.55. The summed E-state index contributed by atoms with van der Waals surface area (Å²) in [5.41, 5.74) is 0.585. The molecule has 0 fully saturated rings. The second-order valence-corrected chi connectivity index (χ2v) is 10.0. The van der Waals surface area contributed by atoms with Crippen LogP contribution in [0.1, 0.15) is 49.7 Å². The lowest BCUT2D eigenvalue weighted by molar-refractivity contribution is 0.0521. The lowest BCUT2D eigenvalue weighted by Crippen LogP contribution is -2.37. The number of carbonyl (C=O) groups is 1. The maximum Gasteiger partial charge on any atom is 0.343 e. The lowest BCUT2D eigenvalue weighted by atomic mass is 9.84. The first-order valence-electron chi connectivity index (χ1n) is 12.0. The minimum Gasteiger partial charge on any atom is -0.487 e. The van der Waals surface area contributed by atoms with E-state index < -0.39 is 17.2 Å². The fraction of sp³-hybridized carbons (Fsp3) is 0.321. The van der Waals surface area contributed by atoms with Gasteiger partial charge in [0, 0.05) is 11.6 Å².